The first kappa shape index (κ1) is 13.4. The molecule has 0 aliphatic rings. The van der Waals surface area contributed by atoms with E-state index in [0.717, 1.165) is 0 Å². The molecule has 0 aliphatic heterocycles. The van der Waals surface area contributed by atoms with Gasteiger partial charge < -0.3 is 16.6 Å². The Labute approximate surface area is 80.8 Å². The summed E-state index contributed by atoms with van der Waals surface area (Å²) in [4.78, 5) is 10.7. The van der Waals surface area contributed by atoms with Crippen LogP contribution in [0, 0.1) is 6.58 Å². The third kappa shape index (κ3) is 6.24. The molecule has 0 spiro atoms. The molecule has 0 saturated carbocycles. The summed E-state index contributed by atoms with van der Waals surface area (Å²) in [6, 6.07) is -0.287. The zero-order chi connectivity index (χ0) is 7.98. The van der Waals surface area contributed by atoms with Gasteiger partial charge in [-0.15, -0.1) is 0 Å². The predicted octanol–water partition coefficient (Wildman–Crippen LogP) is 0.124. The Morgan fingerprint density at radius 1 is 1.82 bits per heavy atom. The standard InChI is InChI=1S/C7H12NO2.Re/c1-4-5-8-6(2)7(9)10-3;/h1,4,6,8H,5H2,2-3H3;/q-1;. The molecule has 0 bridgehead atoms. The summed E-state index contributed by atoms with van der Waals surface area (Å²) in [6.07, 6.45) is 1.44. The zero-order valence-electron chi connectivity index (χ0n) is 6.63. The summed E-state index contributed by atoms with van der Waals surface area (Å²) in [7, 11) is 1.35. The van der Waals surface area contributed by atoms with Crippen molar-refractivity contribution in [3.63, 3.8) is 0 Å². The Bertz CT molecular complexity index is 128. The summed E-state index contributed by atoms with van der Waals surface area (Å²) in [6.45, 7) is 7.31. The second kappa shape index (κ2) is 7.93. The second-order valence-electron chi connectivity index (χ2n) is 1.89. The normalized spacial score (nSPS) is 11.1. The first-order valence-corrected chi connectivity index (χ1v) is 3.07. The molecule has 0 heterocycles. The first-order valence-electron chi connectivity index (χ1n) is 3.07. The van der Waals surface area contributed by atoms with E-state index in [9.17, 15) is 4.79 Å². The molecular formula is C7H12NO2Re-. The van der Waals surface area contributed by atoms with Crippen LogP contribution in [0.2, 0.25) is 0 Å². The third-order valence-electron chi connectivity index (χ3n) is 1.10. The van der Waals surface area contributed by atoms with Crippen molar-refractivity contribution in [3.8, 4) is 0 Å². The fourth-order valence-corrected chi connectivity index (χ4v) is 0.505. The molecule has 3 nitrogen and oxygen atoms in total. The van der Waals surface area contributed by atoms with Gasteiger partial charge in [0.15, 0.2) is 0 Å². The molecule has 0 amide bonds. The van der Waals surface area contributed by atoms with E-state index in [0.29, 0.717) is 6.54 Å². The van der Waals surface area contributed by atoms with Gasteiger partial charge in [0.05, 0.1) is 7.11 Å². The minimum Gasteiger partial charge on any atom is -0.517 e. The molecule has 0 aliphatic carbocycles. The Morgan fingerprint density at radius 2 is 2.36 bits per heavy atom. The van der Waals surface area contributed by atoms with E-state index in [1.54, 1.807) is 6.92 Å². The van der Waals surface area contributed by atoms with Gasteiger partial charge in [0.2, 0.25) is 0 Å². The SMILES string of the molecule is [CH-]=CCNC(C)C(=O)OC.[Re]. The van der Waals surface area contributed by atoms with Gasteiger partial charge in [0, 0.05) is 20.4 Å². The van der Waals surface area contributed by atoms with Crippen LogP contribution < -0.4 is 5.32 Å². The van der Waals surface area contributed by atoms with Crippen molar-refractivity contribution in [1.29, 1.82) is 0 Å². The van der Waals surface area contributed by atoms with Gasteiger partial charge in [0.1, 0.15) is 6.04 Å². The van der Waals surface area contributed by atoms with Crippen LogP contribution >= 0.6 is 0 Å². The number of carbonyl (C=O) groups excluding carboxylic acids is 1. The van der Waals surface area contributed by atoms with Gasteiger partial charge in [-0.3, -0.25) is 10.9 Å². The largest absolute Gasteiger partial charge is 0.517 e. The summed E-state index contributed by atoms with van der Waals surface area (Å²) in [5, 5.41) is 2.83. The number of hydrogen-bond donors (Lipinski definition) is 1. The van der Waals surface area contributed by atoms with Crippen LogP contribution in [0.5, 0.6) is 0 Å². The molecule has 1 unspecified atom stereocenters. The predicted molar refractivity (Wildman–Crippen MR) is 38.4 cm³/mol. The van der Waals surface area contributed by atoms with Crippen LogP contribution in [-0.2, 0) is 30.0 Å². The molecule has 1 atom stereocenters. The maximum atomic E-state index is 10.7. The molecule has 4 heteroatoms. The first-order chi connectivity index (χ1) is 4.72. The molecule has 0 fully saturated rings. The number of esters is 1. The molecule has 0 saturated heterocycles. The number of nitrogens with one attached hydrogen (secondary N) is 1. The van der Waals surface area contributed by atoms with Crippen molar-refractivity contribution in [2.75, 3.05) is 13.7 Å². The molecule has 0 aromatic carbocycles. The van der Waals surface area contributed by atoms with E-state index in [2.05, 4.69) is 10.1 Å². The van der Waals surface area contributed by atoms with E-state index in [1.807, 2.05) is 0 Å². The van der Waals surface area contributed by atoms with Crippen LogP contribution in [0.1, 0.15) is 6.92 Å². The van der Waals surface area contributed by atoms with Gasteiger partial charge in [-0.2, -0.15) is 0 Å². The molecule has 0 rings (SSSR count). The number of carbonyl (C=O) groups is 1. The number of rotatable bonds is 4. The van der Waals surface area contributed by atoms with Gasteiger partial charge >= 0.3 is 5.97 Å². The molecule has 0 aromatic rings. The quantitative estimate of drug-likeness (QED) is 0.589. The van der Waals surface area contributed by atoms with Crippen LogP contribution in [0.15, 0.2) is 6.08 Å². The number of methoxy groups -OCH3 is 1. The average molecular weight is 328 g/mol. The molecule has 65 valence electrons. The molecule has 1 N–H and O–H groups in total. The van der Waals surface area contributed by atoms with E-state index in [4.69, 9.17) is 6.58 Å². The van der Waals surface area contributed by atoms with Crippen molar-refractivity contribution in [2.24, 2.45) is 0 Å². The second-order valence-corrected chi connectivity index (χ2v) is 1.89. The van der Waals surface area contributed by atoms with Crippen molar-refractivity contribution in [1.82, 2.24) is 5.32 Å². The summed E-state index contributed by atoms with van der Waals surface area (Å²) in [5.74, 6) is -0.276. The van der Waals surface area contributed by atoms with Gasteiger partial charge in [-0.05, 0) is 13.5 Å². The number of ether oxygens (including phenoxy) is 1. The Morgan fingerprint density at radius 3 is 2.73 bits per heavy atom. The summed E-state index contributed by atoms with van der Waals surface area (Å²) < 4.78 is 4.45. The van der Waals surface area contributed by atoms with Gasteiger partial charge in [-0.1, -0.05) is 0 Å². The average Bonchev–Trinajstić information content (AvgIpc) is 1.98. The minimum atomic E-state index is -0.287. The maximum Gasteiger partial charge on any atom is 0.322 e. The van der Waals surface area contributed by atoms with E-state index in [-0.39, 0.29) is 32.4 Å². The van der Waals surface area contributed by atoms with Crippen LogP contribution in [-0.4, -0.2) is 25.7 Å². The smallest absolute Gasteiger partial charge is 0.322 e. The van der Waals surface area contributed by atoms with Crippen LogP contribution in [0.4, 0.5) is 0 Å². The Balaban J connectivity index is 0. The molecule has 0 aromatic heterocycles. The minimum absolute atomic E-state index is 0. The molecular weight excluding hydrogens is 316 g/mol. The third-order valence-corrected chi connectivity index (χ3v) is 1.10. The number of hydrogen-bond acceptors (Lipinski definition) is 3. The topological polar surface area (TPSA) is 38.3 Å². The van der Waals surface area contributed by atoms with Crippen LogP contribution in [0.3, 0.4) is 0 Å². The summed E-state index contributed by atoms with van der Waals surface area (Å²) >= 11 is 0. The molecule has 11 heavy (non-hydrogen) atoms. The fourth-order valence-electron chi connectivity index (χ4n) is 0.505. The maximum absolute atomic E-state index is 10.7. The van der Waals surface area contributed by atoms with Crippen molar-refractivity contribution in [3.05, 3.63) is 12.7 Å². The van der Waals surface area contributed by atoms with E-state index in [1.165, 1.54) is 13.2 Å². The monoisotopic (exact) mass is 329 g/mol. The van der Waals surface area contributed by atoms with Gasteiger partial charge in [0.25, 0.3) is 0 Å². The Hall–Kier alpha value is -0.168. The van der Waals surface area contributed by atoms with Crippen molar-refractivity contribution >= 4 is 5.97 Å². The summed E-state index contributed by atoms with van der Waals surface area (Å²) in [5.41, 5.74) is 0. The van der Waals surface area contributed by atoms with Crippen molar-refractivity contribution < 1.29 is 30.0 Å². The van der Waals surface area contributed by atoms with E-state index < -0.39 is 0 Å². The van der Waals surface area contributed by atoms with E-state index >= 15 is 0 Å². The Kier molecular flexibility index (Phi) is 9.68. The van der Waals surface area contributed by atoms with Crippen LogP contribution in [0.25, 0.3) is 0 Å². The fraction of sp³-hybridized carbons (Fsp3) is 0.571. The zero-order valence-corrected chi connectivity index (χ0v) is 9.35. The van der Waals surface area contributed by atoms with Crippen molar-refractivity contribution in [2.45, 2.75) is 13.0 Å². The van der Waals surface area contributed by atoms with Gasteiger partial charge in [-0.25, -0.2) is 0 Å². The molecule has 1 radical (unpaired) electrons.